The predicted octanol–water partition coefficient (Wildman–Crippen LogP) is 5.12. The molecule has 0 fully saturated rings. The zero-order valence-corrected chi connectivity index (χ0v) is 11.2. The summed E-state index contributed by atoms with van der Waals surface area (Å²) in [6, 6.07) is 17.1. The second-order valence-electron chi connectivity index (χ2n) is 5.19. The maximum Gasteiger partial charge on any atom is 0.0715 e. The van der Waals surface area contributed by atoms with Crippen LogP contribution in [0.15, 0.2) is 66.8 Å². The average Bonchev–Trinajstić information content (AvgIpc) is 2.55. The van der Waals surface area contributed by atoms with Crippen molar-refractivity contribution in [2.24, 2.45) is 0 Å². The first-order valence-corrected chi connectivity index (χ1v) is 7.07. The third kappa shape index (κ3) is 1.83. The zero-order chi connectivity index (χ0) is 13.4. The first-order valence-electron chi connectivity index (χ1n) is 7.07. The van der Waals surface area contributed by atoms with E-state index in [9.17, 15) is 0 Å². The third-order valence-electron chi connectivity index (χ3n) is 3.89. The van der Waals surface area contributed by atoms with Crippen molar-refractivity contribution in [3.63, 3.8) is 0 Å². The molecule has 1 aliphatic rings. The van der Waals surface area contributed by atoms with Crippen LogP contribution >= 0.6 is 0 Å². The van der Waals surface area contributed by atoms with Gasteiger partial charge in [0, 0.05) is 5.39 Å². The van der Waals surface area contributed by atoms with Crippen LogP contribution in [-0.4, -0.2) is 4.98 Å². The van der Waals surface area contributed by atoms with E-state index in [1.165, 1.54) is 21.7 Å². The van der Waals surface area contributed by atoms with Crippen molar-refractivity contribution >= 4 is 27.2 Å². The molecule has 0 unspecified atom stereocenters. The second-order valence-corrected chi connectivity index (χ2v) is 5.19. The van der Waals surface area contributed by atoms with E-state index in [0.717, 1.165) is 24.1 Å². The van der Waals surface area contributed by atoms with Gasteiger partial charge in [-0.25, -0.2) is 4.98 Å². The minimum atomic E-state index is 1.07. The first-order chi connectivity index (χ1) is 9.92. The lowest BCUT2D eigenvalue weighted by Crippen LogP contribution is -1.91. The Kier molecular flexibility index (Phi) is 2.63. The zero-order valence-electron chi connectivity index (χ0n) is 11.2. The van der Waals surface area contributed by atoms with E-state index in [4.69, 9.17) is 4.98 Å². The van der Waals surface area contributed by atoms with Gasteiger partial charge in [0.15, 0.2) is 0 Å². The lowest BCUT2D eigenvalue weighted by Gasteiger charge is -2.09. The van der Waals surface area contributed by atoms with Crippen LogP contribution in [0.4, 0.5) is 0 Å². The van der Waals surface area contributed by atoms with Crippen molar-refractivity contribution in [2.75, 3.05) is 0 Å². The van der Waals surface area contributed by atoms with Crippen LogP contribution < -0.4 is 0 Å². The summed E-state index contributed by atoms with van der Waals surface area (Å²) in [5.74, 6) is 0. The summed E-state index contributed by atoms with van der Waals surface area (Å²) in [5.41, 5.74) is 3.39. The molecule has 1 aromatic heterocycles. The highest BCUT2D eigenvalue weighted by Crippen LogP contribution is 2.27. The molecule has 0 atom stereocenters. The molecule has 1 heterocycles. The third-order valence-corrected chi connectivity index (χ3v) is 3.89. The Morgan fingerprint density at radius 3 is 2.65 bits per heavy atom. The molecule has 96 valence electrons. The Morgan fingerprint density at radius 2 is 1.75 bits per heavy atom. The summed E-state index contributed by atoms with van der Waals surface area (Å²) in [6.07, 6.45) is 8.93. The minimum absolute atomic E-state index is 1.07. The van der Waals surface area contributed by atoms with E-state index in [2.05, 4.69) is 66.8 Å². The number of aromatic nitrogens is 1. The first kappa shape index (κ1) is 11.4. The van der Waals surface area contributed by atoms with Gasteiger partial charge >= 0.3 is 0 Å². The van der Waals surface area contributed by atoms with Crippen LogP contribution in [0, 0.1) is 0 Å². The normalized spacial score (nSPS) is 14.7. The average molecular weight is 257 g/mol. The molecule has 0 aliphatic heterocycles. The molecule has 0 bridgehead atoms. The highest BCUT2D eigenvalue weighted by atomic mass is 14.7. The topological polar surface area (TPSA) is 12.9 Å². The fourth-order valence-corrected chi connectivity index (χ4v) is 2.85. The summed E-state index contributed by atoms with van der Waals surface area (Å²) >= 11 is 0. The van der Waals surface area contributed by atoms with Crippen molar-refractivity contribution in [1.29, 1.82) is 0 Å². The number of pyridine rings is 1. The molecule has 0 amide bonds. The fourth-order valence-electron chi connectivity index (χ4n) is 2.85. The SMILES string of the molecule is C1=CC(c2ccc3c(ccc4ccccc43)n2)=CCC1. The molecule has 0 N–H and O–H groups in total. The van der Waals surface area contributed by atoms with Crippen molar-refractivity contribution in [3.8, 4) is 0 Å². The Balaban J connectivity index is 1.94. The molecule has 0 radical (unpaired) electrons. The smallest absolute Gasteiger partial charge is 0.0715 e. The van der Waals surface area contributed by atoms with Crippen LogP contribution in [0.1, 0.15) is 18.5 Å². The van der Waals surface area contributed by atoms with Gasteiger partial charge in [0.25, 0.3) is 0 Å². The molecule has 20 heavy (non-hydrogen) atoms. The molecular formula is C19H15N. The van der Waals surface area contributed by atoms with Gasteiger partial charge < -0.3 is 0 Å². The summed E-state index contributed by atoms with van der Waals surface area (Å²) in [4.78, 5) is 4.83. The Bertz CT molecular complexity index is 856. The molecule has 1 nitrogen and oxygen atoms in total. The number of nitrogens with zero attached hydrogens (tertiary/aromatic N) is 1. The predicted molar refractivity (Wildman–Crippen MR) is 85.6 cm³/mol. The number of hydrogen-bond acceptors (Lipinski definition) is 1. The molecule has 2 aromatic carbocycles. The molecule has 1 heteroatoms. The van der Waals surface area contributed by atoms with Gasteiger partial charge in [-0.15, -0.1) is 0 Å². The van der Waals surface area contributed by atoms with Gasteiger partial charge in [-0.2, -0.15) is 0 Å². The fraction of sp³-hybridized carbons (Fsp3) is 0.105. The molecule has 0 saturated heterocycles. The number of allylic oxidation sites excluding steroid dienone is 4. The lowest BCUT2D eigenvalue weighted by molar-refractivity contribution is 1.04. The molecule has 0 spiro atoms. The maximum atomic E-state index is 4.83. The maximum absolute atomic E-state index is 4.83. The quantitative estimate of drug-likeness (QED) is 0.551. The van der Waals surface area contributed by atoms with E-state index < -0.39 is 0 Å². The highest BCUT2D eigenvalue weighted by molar-refractivity contribution is 6.06. The lowest BCUT2D eigenvalue weighted by atomic mass is 10.0. The molecule has 4 rings (SSSR count). The van der Waals surface area contributed by atoms with E-state index in [-0.39, 0.29) is 0 Å². The summed E-state index contributed by atoms with van der Waals surface area (Å²) in [6.45, 7) is 0. The summed E-state index contributed by atoms with van der Waals surface area (Å²) in [7, 11) is 0. The van der Waals surface area contributed by atoms with Gasteiger partial charge in [-0.3, -0.25) is 0 Å². The van der Waals surface area contributed by atoms with Crippen molar-refractivity contribution < 1.29 is 0 Å². The van der Waals surface area contributed by atoms with E-state index in [1.807, 2.05) is 0 Å². The van der Waals surface area contributed by atoms with Crippen molar-refractivity contribution in [3.05, 3.63) is 72.5 Å². The monoisotopic (exact) mass is 257 g/mol. The van der Waals surface area contributed by atoms with E-state index in [1.54, 1.807) is 0 Å². The van der Waals surface area contributed by atoms with Gasteiger partial charge in [-0.05, 0) is 41.3 Å². The van der Waals surface area contributed by atoms with Crippen LogP contribution in [0.2, 0.25) is 0 Å². The Morgan fingerprint density at radius 1 is 0.800 bits per heavy atom. The van der Waals surface area contributed by atoms with E-state index >= 15 is 0 Å². The minimum Gasteiger partial charge on any atom is -0.248 e. The van der Waals surface area contributed by atoms with Crippen LogP contribution in [0.25, 0.3) is 27.2 Å². The molecule has 1 aliphatic carbocycles. The van der Waals surface area contributed by atoms with Gasteiger partial charge in [0.2, 0.25) is 0 Å². The second kappa shape index (κ2) is 4.61. The number of benzene rings is 2. The standard InChI is InChI=1S/C19H15N/c1-2-7-15(8-3-1)18-13-11-17-16-9-5-4-6-14(16)10-12-19(17)20-18/h2,4-13H,1,3H2. The Hall–Kier alpha value is -2.41. The van der Waals surface area contributed by atoms with E-state index in [0.29, 0.717) is 0 Å². The van der Waals surface area contributed by atoms with Crippen LogP contribution in [0.3, 0.4) is 0 Å². The summed E-state index contributed by atoms with van der Waals surface area (Å²) < 4.78 is 0. The van der Waals surface area contributed by atoms with Crippen LogP contribution in [0.5, 0.6) is 0 Å². The summed E-state index contributed by atoms with van der Waals surface area (Å²) in [5, 5.41) is 3.77. The molecule has 0 saturated carbocycles. The number of hydrogen-bond donors (Lipinski definition) is 0. The van der Waals surface area contributed by atoms with Crippen molar-refractivity contribution in [2.45, 2.75) is 12.8 Å². The highest BCUT2D eigenvalue weighted by Gasteiger charge is 2.06. The molecular weight excluding hydrogens is 242 g/mol. The largest absolute Gasteiger partial charge is 0.248 e. The van der Waals surface area contributed by atoms with Crippen molar-refractivity contribution in [1.82, 2.24) is 4.98 Å². The van der Waals surface area contributed by atoms with Gasteiger partial charge in [-0.1, -0.05) is 54.6 Å². The number of fused-ring (bicyclic) bond motifs is 3. The van der Waals surface area contributed by atoms with Crippen LogP contribution in [-0.2, 0) is 0 Å². The number of rotatable bonds is 1. The Labute approximate surface area is 118 Å². The van der Waals surface area contributed by atoms with Gasteiger partial charge in [0.1, 0.15) is 0 Å². The molecule has 3 aromatic rings. The van der Waals surface area contributed by atoms with Gasteiger partial charge in [0.05, 0.1) is 11.2 Å².